The van der Waals surface area contributed by atoms with Crippen molar-refractivity contribution in [1.82, 2.24) is 10.2 Å². The predicted molar refractivity (Wildman–Crippen MR) is 110 cm³/mol. The molecule has 29 heavy (non-hydrogen) atoms. The monoisotopic (exact) mass is 435 g/mol. The highest BCUT2D eigenvalue weighted by Gasteiger charge is 2.16. The van der Waals surface area contributed by atoms with Crippen LogP contribution in [0.3, 0.4) is 0 Å². The normalized spacial score (nSPS) is 10.5. The van der Waals surface area contributed by atoms with Crippen molar-refractivity contribution in [3.05, 3.63) is 41.4 Å². The van der Waals surface area contributed by atoms with Gasteiger partial charge in [0.2, 0.25) is 17.5 Å². The van der Waals surface area contributed by atoms with Crippen molar-refractivity contribution in [3.63, 3.8) is 0 Å². The van der Waals surface area contributed by atoms with Gasteiger partial charge in [0.25, 0.3) is 5.22 Å². The fourth-order valence-electron chi connectivity index (χ4n) is 2.45. The maximum absolute atomic E-state index is 12.3. The van der Waals surface area contributed by atoms with Crippen LogP contribution in [0.15, 0.2) is 46.0 Å². The minimum atomic E-state index is -0.254. The van der Waals surface area contributed by atoms with Gasteiger partial charge in [-0.3, -0.25) is 4.79 Å². The van der Waals surface area contributed by atoms with Crippen molar-refractivity contribution in [3.8, 4) is 28.7 Å². The largest absolute Gasteiger partial charge is 0.493 e. The zero-order chi connectivity index (χ0) is 20.8. The number of ether oxygens (including phenoxy) is 3. The fraction of sp³-hybridized carbons (Fsp3) is 0.211. The number of amides is 1. The van der Waals surface area contributed by atoms with Gasteiger partial charge in [0.15, 0.2) is 11.5 Å². The number of halogens is 1. The fourth-order valence-corrected chi connectivity index (χ4v) is 3.14. The molecule has 0 saturated carbocycles. The average Bonchev–Trinajstić information content (AvgIpc) is 3.21. The van der Waals surface area contributed by atoms with Crippen molar-refractivity contribution in [2.45, 2.75) is 5.22 Å². The quantitative estimate of drug-likeness (QED) is 0.527. The van der Waals surface area contributed by atoms with Crippen molar-refractivity contribution in [2.24, 2.45) is 0 Å². The lowest BCUT2D eigenvalue weighted by Crippen LogP contribution is -2.14. The van der Waals surface area contributed by atoms with E-state index in [1.807, 2.05) is 0 Å². The van der Waals surface area contributed by atoms with Gasteiger partial charge >= 0.3 is 0 Å². The summed E-state index contributed by atoms with van der Waals surface area (Å²) in [6.07, 6.45) is 0. The number of hydrogen-bond donors (Lipinski definition) is 1. The number of benzene rings is 2. The Balaban J connectivity index is 1.62. The summed E-state index contributed by atoms with van der Waals surface area (Å²) in [4.78, 5) is 12.3. The summed E-state index contributed by atoms with van der Waals surface area (Å²) in [6.45, 7) is 0. The van der Waals surface area contributed by atoms with E-state index in [2.05, 4.69) is 15.5 Å². The van der Waals surface area contributed by atoms with E-state index in [9.17, 15) is 4.79 Å². The molecule has 8 nitrogen and oxygen atoms in total. The third-order valence-electron chi connectivity index (χ3n) is 3.77. The van der Waals surface area contributed by atoms with Gasteiger partial charge < -0.3 is 23.9 Å². The summed E-state index contributed by atoms with van der Waals surface area (Å²) in [7, 11) is 4.52. The summed E-state index contributed by atoms with van der Waals surface area (Å²) < 4.78 is 21.4. The third kappa shape index (κ3) is 5.12. The molecule has 0 spiro atoms. The number of rotatable bonds is 8. The van der Waals surface area contributed by atoms with Gasteiger partial charge in [-0.25, -0.2) is 0 Å². The van der Waals surface area contributed by atoms with Gasteiger partial charge in [-0.15, -0.1) is 10.2 Å². The third-order valence-corrected chi connectivity index (χ3v) is 4.84. The molecule has 0 saturated heterocycles. The van der Waals surface area contributed by atoms with Crippen molar-refractivity contribution < 1.29 is 23.4 Å². The maximum atomic E-state index is 12.3. The number of nitrogens with zero attached hydrogens (tertiary/aromatic N) is 2. The van der Waals surface area contributed by atoms with Crippen molar-refractivity contribution in [2.75, 3.05) is 32.4 Å². The summed E-state index contributed by atoms with van der Waals surface area (Å²) >= 11 is 7.00. The number of aromatic nitrogens is 2. The summed E-state index contributed by atoms with van der Waals surface area (Å²) in [5.41, 5.74) is 1.26. The van der Waals surface area contributed by atoms with Crippen molar-refractivity contribution >= 4 is 35.0 Å². The molecule has 0 aliphatic carbocycles. The molecule has 0 radical (unpaired) electrons. The van der Waals surface area contributed by atoms with Crippen LogP contribution in [0, 0.1) is 0 Å². The second-order valence-electron chi connectivity index (χ2n) is 5.63. The molecule has 1 aromatic heterocycles. The van der Waals surface area contributed by atoms with Crippen molar-refractivity contribution in [1.29, 1.82) is 0 Å². The standard InChI is InChI=1S/C19H18ClN3O5S/c1-25-14-8-13(9-15(26-2)17(14)27-3)21-16(24)10-29-19-23-22-18(28-19)11-4-6-12(20)7-5-11/h4-9H,10H2,1-3H3,(H,21,24). The Hall–Kier alpha value is -2.91. The first-order chi connectivity index (χ1) is 14.0. The van der Waals surface area contributed by atoms with Crippen LogP contribution in [0.25, 0.3) is 11.5 Å². The first-order valence-electron chi connectivity index (χ1n) is 8.36. The van der Waals surface area contributed by atoms with Crippen LogP contribution in [0.4, 0.5) is 5.69 Å². The Morgan fingerprint density at radius 3 is 2.31 bits per heavy atom. The molecule has 152 valence electrons. The highest BCUT2D eigenvalue weighted by Crippen LogP contribution is 2.40. The van der Waals surface area contributed by atoms with Gasteiger partial charge in [-0.05, 0) is 24.3 Å². The first kappa shape index (κ1) is 20.8. The molecule has 0 fully saturated rings. The first-order valence-corrected chi connectivity index (χ1v) is 9.72. The molecule has 2 aromatic carbocycles. The Morgan fingerprint density at radius 2 is 1.72 bits per heavy atom. The number of carbonyl (C=O) groups excluding carboxylic acids is 1. The second-order valence-corrected chi connectivity index (χ2v) is 6.99. The van der Waals surface area contributed by atoms with E-state index in [4.69, 9.17) is 30.2 Å². The van der Waals surface area contributed by atoms with Gasteiger partial charge in [0, 0.05) is 28.4 Å². The molecule has 1 amide bonds. The van der Waals surface area contributed by atoms with Gasteiger partial charge in [0.05, 0.1) is 27.1 Å². The smallest absolute Gasteiger partial charge is 0.277 e. The molecule has 1 N–H and O–H groups in total. The summed E-state index contributed by atoms with van der Waals surface area (Å²) in [5.74, 6) is 1.52. The Morgan fingerprint density at radius 1 is 1.07 bits per heavy atom. The van der Waals surface area contributed by atoms with Crippen LogP contribution >= 0.6 is 23.4 Å². The molecular weight excluding hydrogens is 418 g/mol. The molecule has 1 heterocycles. The lowest BCUT2D eigenvalue weighted by Gasteiger charge is -2.14. The van der Waals surface area contributed by atoms with Gasteiger partial charge in [-0.1, -0.05) is 23.4 Å². The van der Waals surface area contributed by atoms with E-state index in [0.717, 1.165) is 17.3 Å². The predicted octanol–water partition coefficient (Wildman–Crippen LogP) is 4.15. The topological polar surface area (TPSA) is 95.7 Å². The molecule has 0 unspecified atom stereocenters. The molecule has 3 rings (SSSR count). The van der Waals surface area contributed by atoms with Crippen LogP contribution in [0.1, 0.15) is 0 Å². The molecular formula is C19H18ClN3O5S. The van der Waals surface area contributed by atoms with Gasteiger partial charge in [-0.2, -0.15) is 0 Å². The maximum Gasteiger partial charge on any atom is 0.277 e. The molecule has 0 bridgehead atoms. The molecule has 3 aromatic rings. The minimum absolute atomic E-state index is 0.0823. The number of methoxy groups -OCH3 is 3. The Bertz CT molecular complexity index is 969. The molecule has 10 heteroatoms. The van der Waals surface area contributed by atoms with Crippen LogP contribution in [-0.2, 0) is 4.79 Å². The van der Waals surface area contributed by atoms with Crippen LogP contribution in [0.5, 0.6) is 17.2 Å². The van der Waals surface area contributed by atoms with E-state index in [1.54, 1.807) is 36.4 Å². The summed E-state index contributed by atoms with van der Waals surface area (Å²) in [6, 6.07) is 10.3. The summed E-state index contributed by atoms with van der Waals surface area (Å²) in [5, 5.41) is 11.6. The van der Waals surface area contributed by atoms with E-state index >= 15 is 0 Å². The van der Waals surface area contributed by atoms with E-state index in [0.29, 0.717) is 33.8 Å². The molecule has 0 atom stereocenters. The van der Waals surface area contributed by atoms with E-state index < -0.39 is 0 Å². The second kappa shape index (κ2) is 9.53. The minimum Gasteiger partial charge on any atom is -0.493 e. The zero-order valence-electron chi connectivity index (χ0n) is 15.9. The average molecular weight is 436 g/mol. The zero-order valence-corrected chi connectivity index (χ0v) is 17.5. The lowest BCUT2D eigenvalue weighted by molar-refractivity contribution is -0.113. The van der Waals surface area contributed by atoms with Crippen LogP contribution in [0.2, 0.25) is 5.02 Å². The number of carbonyl (C=O) groups is 1. The number of nitrogens with one attached hydrogen (secondary N) is 1. The number of anilines is 1. The number of hydrogen-bond acceptors (Lipinski definition) is 8. The molecule has 0 aliphatic heterocycles. The van der Waals surface area contributed by atoms with Gasteiger partial charge in [0.1, 0.15) is 0 Å². The highest BCUT2D eigenvalue weighted by molar-refractivity contribution is 7.99. The lowest BCUT2D eigenvalue weighted by atomic mass is 10.2. The Kier molecular flexibility index (Phi) is 6.84. The Labute approximate surface area is 176 Å². The van der Waals surface area contributed by atoms with E-state index in [-0.39, 0.29) is 16.9 Å². The highest BCUT2D eigenvalue weighted by atomic mass is 35.5. The molecule has 0 aliphatic rings. The van der Waals surface area contributed by atoms with E-state index in [1.165, 1.54) is 21.3 Å². The van der Waals surface area contributed by atoms with Crippen LogP contribution < -0.4 is 19.5 Å². The number of thioether (sulfide) groups is 1. The SMILES string of the molecule is COc1cc(NC(=O)CSc2nnc(-c3ccc(Cl)cc3)o2)cc(OC)c1OC. The van der Waals surface area contributed by atoms with Crippen LogP contribution in [-0.4, -0.2) is 43.2 Å².